The van der Waals surface area contributed by atoms with Crippen LogP contribution in [0.25, 0.3) is 6.08 Å². The maximum Gasteiger partial charge on any atom is 0.246 e. The number of amides is 1. The van der Waals surface area contributed by atoms with E-state index >= 15 is 0 Å². The molecular formula is C21H21N3O3. The molecule has 2 heterocycles. The Kier molecular flexibility index (Phi) is 6.06. The second kappa shape index (κ2) is 8.86. The molecule has 27 heavy (non-hydrogen) atoms. The number of rotatable bonds is 5. The van der Waals surface area contributed by atoms with Crippen molar-refractivity contribution in [3.05, 3.63) is 59.8 Å². The highest BCUT2D eigenvalue weighted by Crippen LogP contribution is 2.18. The van der Waals surface area contributed by atoms with Gasteiger partial charge in [0.2, 0.25) is 11.8 Å². The highest BCUT2D eigenvalue weighted by Gasteiger charge is 2.24. The van der Waals surface area contributed by atoms with E-state index in [9.17, 15) is 4.79 Å². The minimum absolute atomic E-state index is 0.0437. The van der Waals surface area contributed by atoms with Crippen LogP contribution in [0.5, 0.6) is 11.6 Å². The van der Waals surface area contributed by atoms with Crippen molar-refractivity contribution in [2.45, 2.75) is 18.9 Å². The van der Waals surface area contributed by atoms with Crippen LogP contribution < -0.4 is 9.47 Å². The van der Waals surface area contributed by atoms with Crippen molar-refractivity contribution in [3.8, 4) is 17.7 Å². The second-order valence-corrected chi connectivity index (χ2v) is 6.27. The van der Waals surface area contributed by atoms with Gasteiger partial charge in [0.25, 0.3) is 0 Å². The van der Waals surface area contributed by atoms with E-state index in [1.165, 1.54) is 0 Å². The summed E-state index contributed by atoms with van der Waals surface area (Å²) in [5.41, 5.74) is 1.44. The number of nitrogens with zero attached hydrogens (tertiary/aromatic N) is 3. The Morgan fingerprint density at radius 1 is 1.33 bits per heavy atom. The number of methoxy groups -OCH3 is 1. The number of hydrogen-bond acceptors (Lipinski definition) is 5. The molecule has 3 rings (SSSR count). The lowest BCUT2D eigenvalue weighted by Crippen LogP contribution is -2.43. The number of carbonyl (C=O) groups is 1. The van der Waals surface area contributed by atoms with Gasteiger partial charge >= 0.3 is 0 Å². The topological polar surface area (TPSA) is 75.4 Å². The third-order valence-electron chi connectivity index (χ3n) is 4.38. The maximum absolute atomic E-state index is 12.5. The zero-order chi connectivity index (χ0) is 19.1. The summed E-state index contributed by atoms with van der Waals surface area (Å²) in [7, 11) is 1.62. The lowest BCUT2D eigenvalue weighted by atomic mass is 10.1. The number of hydrogen-bond donors (Lipinski definition) is 0. The van der Waals surface area contributed by atoms with Crippen LogP contribution in [0.4, 0.5) is 0 Å². The minimum Gasteiger partial charge on any atom is -0.497 e. The van der Waals surface area contributed by atoms with E-state index in [4.69, 9.17) is 14.7 Å². The molecule has 1 amide bonds. The van der Waals surface area contributed by atoms with Crippen molar-refractivity contribution >= 4 is 12.0 Å². The van der Waals surface area contributed by atoms with Gasteiger partial charge in [0.05, 0.1) is 25.3 Å². The SMILES string of the molecule is COc1ccc(C=CC(=O)N2CCCC(Oc3cc(C#N)ccn3)C2)cc1. The zero-order valence-corrected chi connectivity index (χ0v) is 15.2. The summed E-state index contributed by atoms with van der Waals surface area (Å²) in [5, 5.41) is 8.96. The van der Waals surface area contributed by atoms with Crippen molar-refractivity contribution in [1.29, 1.82) is 5.26 Å². The molecule has 138 valence electrons. The minimum atomic E-state index is -0.126. The number of likely N-dealkylation sites (tertiary alicyclic amines) is 1. The predicted octanol–water partition coefficient (Wildman–Crippen LogP) is 3.05. The second-order valence-electron chi connectivity index (χ2n) is 6.27. The fourth-order valence-corrected chi connectivity index (χ4v) is 2.94. The molecule has 1 aromatic heterocycles. The normalized spacial score (nSPS) is 16.7. The molecule has 1 saturated heterocycles. The number of pyridine rings is 1. The molecular weight excluding hydrogens is 342 g/mol. The molecule has 2 aromatic rings. The van der Waals surface area contributed by atoms with Crippen LogP contribution in [0.1, 0.15) is 24.0 Å². The summed E-state index contributed by atoms with van der Waals surface area (Å²) in [6.07, 6.45) is 6.52. The molecule has 0 N–H and O–H groups in total. The third-order valence-corrected chi connectivity index (χ3v) is 4.38. The maximum atomic E-state index is 12.5. The average molecular weight is 363 g/mol. The molecule has 1 unspecified atom stereocenters. The molecule has 0 spiro atoms. The van der Waals surface area contributed by atoms with Gasteiger partial charge in [-0.3, -0.25) is 4.79 Å². The number of aromatic nitrogens is 1. The first-order chi connectivity index (χ1) is 13.2. The van der Waals surface area contributed by atoms with Crippen molar-refractivity contribution in [2.75, 3.05) is 20.2 Å². The van der Waals surface area contributed by atoms with Crippen LogP contribution in [0, 0.1) is 11.3 Å². The molecule has 0 bridgehead atoms. The number of nitriles is 1. The van der Waals surface area contributed by atoms with E-state index in [1.807, 2.05) is 24.3 Å². The van der Waals surface area contributed by atoms with Crippen LogP contribution in [0.2, 0.25) is 0 Å². The van der Waals surface area contributed by atoms with Crippen molar-refractivity contribution < 1.29 is 14.3 Å². The van der Waals surface area contributed by atoms with E-state index in [-0.39, 0.29) is 12.0 Å². The Hall–Kier alpha value is -3.33. The van der Waals surface area contributed by atoms with Crippen molar-refractivity contribution in [2.24, 2.45) is 0 Å². The molecule has 6 nitrogen and oxygen atoms in total. The van der Waals surface area contributed by atoms with Crippen LogP contribution >= 0.6 is 0 Å². The van der Waals surface area contributed by atoms with Crippen LogP contribution in [-0.2, 0) is 4.79 Å². The highest BCUT2D eigenvalue weighted by molar-refractivity contribution is 5.91. The molecule has 1 aliphatic heterocycles. The Morgan fingerprint density at radius 3 is 2.89 bits per heavy atom. The van der Waals surface area contributed by atoms with E-state index in [1.54, 1.807) is 42.5 Å². The quantitative estimate of drug-likeness (QED) is 0.763. The fourth-order valence-electron chi connectivity index (χ4n) is 2.94. The largest absolute Gasteiger partial charge is 0.497 e. The summed E-state index contributed by atoms with van der Waals surface area (Å²) in [5.74, 6) is 1.16. The number of carbonyl (C=O) groups excluding carboxylic acids is 1. The van der Waals surface area contributed by atoms with Crippen LogP contribution in [0.3, 0.4) is 0 Å². The van der Waals surface area contributed by atoms with Crippen LogP contribution in [-0.4, -0.2) is 42.1 Å². The molecule has 0 saturated carbocycles. The lowest BCUT2D eigenvalue weighted by molar-refractivity contribution is -0.128. The number of piperidine rings is 1. The summed E-state index contributed by atoms with van der Waals surface area (Å²) in [6.45, 7) is 1.21. The van der Waals surface area contributed by atoms with Gasteiger partial charge < -0.3 is 14.4 Å². The Labute approximate surface area is 158 Å². The Bertz CT molecular complexity index is 856. The standard InChI is InChI=1S/C21H21N3O3/c1-26-18-7-4-16(5-8-18)6-9-21(25)24-12-2-3-19(15-24)27-20-13-17(14-22)10-11-23-20/h4-11,13,19H,2-3,12,15H2,1H3. The first kappa shape index (κ1) is 18.5. The number of benzene rings is 1. The summed E-state index contributed by atoms with van der Waals surface area (Å²) < 4.78 is 11.0. The monoisotopic (exact) mass is 363 g/mol. The van der Waals surface area contributed by atoms with Crippen molar-refractivity contribution in [1.82, 2.24) is 9.88 Å². The van der Waals surface area contributed by atoms with Gasteiger partial charge in [-0.05, 0) is 42.7 Å². The average Bonchev–Trinajstić information content (AvgIpc) is 2.72. The van der Waals surface area contributed by atoms with E-state index in [0.717, 1.165) is 24.2 Å². The van der Waals surface area contributed by atoms with Gasteiger partial charge in [-0.25, -0.2) is 4.98 Å². The smallest absolute Gasteiger partial charge is 0.246 e. The molecule has 0 aliphatic carbocycles. The summed E-state index contributed by atoms with van der Waals surface area (Å²) in [6, 6.07) is 12.8. The van der Waals surface area contributed by atoms with Gasteiger partial charge in [0.15, 0.2) is 0 Å². The number of ether oxygens (including phenoxy) is 2. The fraction of sp³-hybridized carbons (Fsp3) is 0.286. The van der Waals surface area contributed by atoms with Gasteiger partial charge in [0.1, 0.15) is 11.9 Å². The van der Waals surface area contributed by atoms with Gasteiger partial charge in [-0.2, -0.15) is 5.26 Å². The first-order valence-electron chi connectivity index (χ1n) is 8.82. The van der Waals surface area contributed by atoms with Crippen LogP contribution in [0.15, 0.2) is 48.7 Å². The molecule has 1 atom stereocenters. The Balaban J connectivity index is 1.58. The highest BCUT2D eigenvalue weighted by atomic mass is 16.5. The molecule has 0 radical (unpaired) electrons. The van der Waals surface area contributed by atoms with E-state index < -0.39 is 0 Å². The first-order valence-corrected chi connectivity index (χ1v) is 8.82. The molecule has 6 heteroatoms. The van der Waals surface area contributed by atoms with Gasteiger partial charge in [-0.1, -0.05) is 12.1 Å². The van der Waals surface area contributed by atoms with E-state index in [0.29, 0.717) is 24.5 Å². The van der Waals surface area contributed by atoms with Gasteiger partial charge in [-0.15, -0.1) is 0 Å². The molecule has 1 aliphatic rings. The van der Waals surface area contributed by atoms with Crippen molar-refractivity contribution in [3.63, 3.8) is 0 Å². The zero-order valence-electron chi connectivity index (χ0n) is 15.2. The molecule has 1 aromatic carbocycles. The lowest BCUT2D eigenvalue weighted by Gasteiger charge is -2.32. The summed E-state index contributed by atoms with van der Waals surface area (Å²) in [4.78, 5) is 18.4. The van der Waals surface area contributed by atoms with E-state index in [2.05, 4.69) is 11.1 Å². The van der Waals surface area contributed by atoms with Gasteiger partial charge in [0, 0.05) is 24.9 Å². The summed E-state index contributed by atoms with van der Waals surface area (Å²) >= 11 is 0. The molecule has 1 fully saturated rings. The predicted molar refractivity (Wildman–Crippen MR) is 101 cm³/mol. The Morgan fingerprint density at radius 2 is 2.15 bits per heavy atom. The third kappa shape index (κ3) is 5.08.